The zero-order chi connectivity index (χ0) is 21.2. The molecule has 6 nitrogen and oxygen atoms in total. The quantitative estimate of drug-likeness (QED) is 0.746. The van der Waals surface area contributed by atoms with Gasteiger partial charge in [-0.2, -0.15) is 0 Å². The van der Waals surface area contributed by atoms with Crippen LogP contribution in [0.1, 0.15) is 46.1 Å². The van der Waals surface area contributed by atoms with Crippen LogP contribution in [-0.2, 0) is 11.2 Å². The topological polar surface area (TPSA) is 62.0 Å². The van der Waals surface area contributed by atoms with Gasteiger partial charge in [0.1, 0.15) is 5.60 Å². The number of halogens is 1. The summed E-state index contributed by atoms with van der Waals surface area (Å²) in [5.41, 5.74) is 8.69. The Labute approximate surface area is 179 Å². The molecule has 0 atom stereocenters. The van der Waals surface area contributed by atoms with E-state index in [1.165, 1.54) is 11.3 Å². The van der Waals surface area contributed by atoms with Gasteiger partial charge < -0.3 is 20.3 Å². The molecule has 1 amide bonds. The molecule has 0 unspecified atom stereocenters. The van der Waals surface area contributed by atoms with Gasteiger partial charge in [-0.25, -0.2) is 4.79 Å². The van der Waals surface area contributed by atoms with Crippen molar-refractivity contribution in [2.45, 2.75) is 58.6 Å². The Bertz CT molecular complexity index is 718. The van der Waals surface area contributed by atoms with Crippen molar-refractivity contribution in [3.63, 3.8) is 0 Å². The second-order valence-corrected chi connectivity index (χ2v) is 9.48. The Morgan fingerprint density at radius 2 is 1.76 bits per heavy atom. The standard InChI is InChI=1S/C22H35ClN4O2/c1-5-16-14-19(24)18(23)15-20(16)26-8-6-17(7-9-26)25-10-12-27(13-11-25)21(28)29-22(2,3)4/h14-15,17H,5-13,24H2,1-4H3. The molecule has 2 fully saturated rings. The molecule has 7 heteroatoms. The fourth-order valence-electron chi connectivity index (χ4n) is 4.27. The summed E-state index contributed by atoms with van der Waals surface area (Å²) in [7, 11) is 0. The van der Waals surface area contributed by atoms with Crippen LogP contribution in [-0.4, -0.2) is 66.8 Å². The molecule has 0 spiro atoms. The summed E-state index contributed by atoms with van der Waals surface area (Å²) in [6.45, 7) is 13.2. The van der Waals surface area contributed by atoms with Crippen LogP contribution >= 0.6 is 11.6 Å². The van der Waals surface area contributed by atoms with Gasteiger partial charge in [-0.1, -0.05) is 18.5 Å². The molecule has 1 aromatic carbocycles. The second kappa shape index (κ2) is 9.00. The Morgan fingerprint density at radius 1 is 1.14 bits per heavy atom. The lowest BCUT2D eigenvalue weighted by atomic mass is 10.00. The number of rotatable bonds is 3. The average molecular weight is 423 g/mol. The van der Waals surface area contributed by atoms with Crippen LogP contribution in [0.4, 0.5) is 16.2 Å². The second-order valence-electron chi connectivity index (χ2n) is 9.08. The molecule has 0 aliphatic carbocycles. The van der Waals surface area contributed by atoms with Crippen molar-refractivity contribution in [1.29, 1.82) is 0 Å². The summed E-state index contributed by atoms with van der Waals surface area (Å²) in [4.78, 5) is 19.1. The summed E-state index contributed by atoms with van der Waals surface area (Å²) in [6.07, 6.45) is 3.00. The number of hydrogen-bond donors (Lipinski definition) is 1. The maximum Gasteiger partial charge on any atom is 0.410 e. The molecular weight excluding hydrogens is 388 g/mol. The van der Waals surface area contributed by atoms with E-state index in [0.717, 1.165) is 58.5 Å². The Morgan fingerprint density at radius 3 is 2.31 bits per heavy atom. The molecule has 0 aromatic heterocycles. The molecule has 0 radical (unpaired) electrons. The molecule has 162 valence electrons. The van der Waals surface area contributed by atoms with E-state index in [4.69, 9.17) is 22.1 Å². The van der Waals surface area contributed by atoms with Gasteiger partial charge in [0.25, 0.3) is 0 Å². The van der Waals surface area contributed by atoms with Gasteiger partial charge in [-0.15, -0.1) is 0 Å². The van der Waals surface area contributed by atoms with Gasteiger partial charge in [-0.05, 0) is 57.7 Å². The number of ether oxygens (including phenoxy) is 1. The van der Waals surface area contributed by atoms with Gasteiger partial charge in [0.05, 0.1) is 10.7 Å². The lowest BCUT2D eigenvalue weighted by molar-refractivity contribution is 0.00902. The van der Waals surface area contributed by atoms with Crippen molar-refractivity contribution >= 4 is 29.1 Å². The van der Waals surface area contributed by atoms with Crippen molar-refractivity contribution in [2.75, 3.05) is 49.9 Å². The maximum absolute atomic E-state index is 12.3. The molecular formula is C22H35ClN4O2. The predicted molar refractivity (Wildman–Crippen MR) is 120 cm³/mol. The van der Waals surface area contributed by atoms with Crippen LogP contribution in [0.3, 0.4) is 0 Å². The maximum atomic E-state index is 12.3. The number of benzene rings is 1. The smallest absolute Gasteiger partial charge is 0.410 e. The first-order valence-corrected chi connectivity index (χ1v) is 11.1. The molecule has 2 saturated heterocycles. The van der Waals surface area contributed by atoms with Gasteiger partial charge in [0.15, 0.2) is 0 Å². The van der Waals surface area contributed by atoms with E-state index in [2.05, 4.69) is 16.7 Å². The Kier molecular flexibility index (Phi) is 6.84. The molecule has 2 aliphatic heterocycles. The van der Waals surface area contributed by atoms with E-state index >= 15 is 0 Å². The highest BCUT2D eigenvalue weighted by molar-refractivity contribution is 6.33. The minimum Gasteiger partial charge on any atom is -0.444 e. The third-order valence-electron chi connectivity index (χ3n) is 5.87. The predicted octanol–water partition coefficient (Wildman–Crippen LogP) is 4.01. The Balaban J connectivity index is 1.52. The van der Waals surface area contributed by atoms with E-state index in [9.17, 15) is 4.79 Å². The first-order valence-electron chi connectivity index (χ1n) is 10.7. The minimum atomic E-state index is -0.441. The minimum absolute atomic E-state index is 0.195. The number of nitrogens with zero attached hydrogens (tertiary/aromatic N) is 3. The van der Waals surface area contributed by atoms with Crippen LogP contribution in [0.15, 0.2) is 12.1 Å². The number of nitrogen functional groups attached to an aromatic ring is 1. The van der Waals surface area contributed by atoms with E-state index in [-0.39, 0.29) is 6.09 Å². The van der Waals surface area contributed by atoms with Crippen molar-refractivity contribution < 1.29 is 9.53 Å². The van der Waals surface area contributed by atoms with Crippen molar-refractivity contribution in [2.24, 2.45) is 0 Å². The number of amides is 1. The van der Waals surface area contributed by atoms with E-state index in [0.29, 0.717) is 16.8 Å². The fraction of sp³-hybridized carbons (Fsp3) is 0.682. The summed E-state index contributed by atoms with van der Waals surface area (Å²) in [5.74, 6) is 0. The van der Waals surface area contributed by atoms with Crippen molar-refractivity contribution in [1.82, 2.24) is 9.80 Å². The summed E-state index contributed by atoms with van der Waals surface area (Å²) in [5, 5.41) is 0.637. The Hall–Kier alpha value is -1.66. The molecule has 2 aliphatic rings. The SMILES string of the molecule is CCc1cc(N)c(Cl)cc1N1CCC(N2CCN(C(=O)OC(C)(C)C)CC2)CC1. The van der Waals surface area contributed by atoms with E-state index < -0.39 is 5.60 Å². The highest BCUT2D eigenvalue weighted by Gasteiger charge is 2.31. The highest BCUT2D eigenvalue weighted by atomic mass is 35.5. The number of aryl methyl sites for hydroxylation is 1. The number of hydrogen-bond acceptors (Lipinski definition) is 5. The van der Waals surface area contributed by atoms with Crippen molar-refractivity contribution in [3.05, 3.63) is 22.7 Å². The molecule has 0 bridgehead atoms. The first-order chi connectivity index (χ1) is 13.7. The average Bonchev–Trinajstić information content (AvgIpc) is 2.68. The third-order valence-corrected chi connectivity index (χ3v) is 6.19. The van der Waals surface area contributed by atoms with Gasteiger partial charge in [0.2, 0.25) is 0 Å². The van der Waals surface area contributed by atoms with Gasteiger partial charge >= 0.3 is 6.09 Å². The zero-order valence-electron chi connectivity index (χ0n) is 18.2. The van der Waals surface area contributed by atoms with E-state index in [1.807, 2.05) is 37.8 Å². The molecule has 0 saturated carbocycles. The lowest BCUT2D eigenvalue weighted by Gasteiger charge is -2.43. The number of piperazine rings is 1. The first kappa shape index (κ1) is 22.0. The molecule has 2 N–H and O–H groups in total. The highest BCUT2D eigenvalue weighted by Crippen LogP contribution is 2.32. The fourth-order valence-corrected chi connectivity index (χ4v) is 4.43. The molecule has 3 rings (SSSR count). The number of carbonyl (C=O) groups excluding carboxylic acids is 1. The van der Waals surface area contributed by atoms with Crippen LogP contribution in [0, 0.1) is 0 Å². The zero-order valence-corrected chi connectivity index (χ0v) is 19.0. The van der Waals surface area contributed by atoms with Gasteiger partial charge in [0, 0.05) is 51.0 Å². The normalized spacial score (nSPS) is 19.5. The third kappa shape index (κ3) is 5.48. The van der Waals surface area contributed by atoms with E-state index in [1.54, 1.807) is 0 Å². The summed E-state index contributed by atoms with van der Waals surface area (Å²) >= 11 is 6.29. The van der Waals surface area contributed by atoms with Crippen LogP contribution in [0.25, 0.3) is 0 Å². The number of nitrogens with two attached hydrogens (primary N) is 1. The van der Waals surface area contributed by atoms with Crippen LogP contribution in [0.2, 0.25) is 5.02 Å². The number of carbonyl (C=O) groups is 1. The molecule has 2 heterocycles. The lowest BCUT2D eigenvalue weighted by Crippen LogP contribution is -2.55. The molecule has 1 aromatic rings. The number of anilines is 2. The van der Waals surface area contributed by atoms with Crippen LogP contribution in [0.5, 0.6) is 0 Å². The number of piperidine rings is 1. The van der Waals surface area contributed by atoms with Gasteiger partial charge in [-0.3, -0.25) is 4.90 Å². The molecule has 29 heavy (non-hydrogen) atoms. The monoisotopic (exact) mass is 422 g/mol. The largest absolute Gasteiger partial charge is 0.444 e. The van der Waals surface area contributed by atoms with Crippen LogP contribution < -0.4 is 10.6 Å². The van der Waals surface area contributed by atoms with Crippen molar-refractivity contribution in [3.8, 4) is 0 Å². The summed E-state index contributed by atoms with van der Waals surface area (Å²) in [6, 6.07) is 4.61. The summed E-state index contributed by atoms with van der Waals surface area (Å²) < 4.78 is 5.50.